The minimum atomic E-state index is -0.401. The summed E-state index contributed by atoms with van der Waals surface area (Å²) in [4.78, 5) is 24.6. The molecular formula is C21H32O4. The molecule has 1 unspecified atom stereocenters. The van der Waals surface area contributed by atoms with Crippen LogP contribution in [0.2, 0.25) is 0 Å². The smallest absolute Gasteiger partial charge is 0.313 e. The van der Waals surface area contributed by atoms with E-state index < -0.39 is 5.92 Å². The van der Waals surface area contributed by atoms with Crippen LogP contribution >= 0.6 is 0 Å². The first-order valence-electron chi connectivity index (χ1n) is 9.49. The van der Waals surface area contributed by atoms with Crippen LogP contribution in [0.1, 0.15) is 84.1 Å². The molecule has 0 fully saturated rings. The van der Waals surface area contributed by atoms with Gasteiger partial charge in [0.25, 0.3) is 0 Å². The van der Waals surface area contributed by atoms with Crippen molar-refractivity contribution in [2.45, 2.75) is 84.7 Å². The van der Waals surface area contributed by atoms with E-state index in [2.05, 4.69) is 13.8 Å². The fourth-order valence-electron chi connectivity index (χ4n) is 2.68. The summed E-state index contributed by atoms with van der Waals surface area (Å²) in [6.07, 6.45) is 5.72. The molecule has 0 spiro atoms. The molecule has 4 heteroatoms. The lowest BCUT2D eigenvalue weighted by Gasteiger charge is -2.20. The van der Waals surface area contributed by atoms with Crippen LogP contribution in [0, 0.1) is 0 Å². The molecule has 0 N–H and O–H groups in total. The third-order valence-corrected chi connectivity index (χ3v) is 3.99. The van der Waals surface area contributed by atoms with Gasteiger partial charge in [0.15, 0.2) is 0 Å². The van der Waals surface area contributed by atoms with Gasteiger partial charge in [-0.3, -0.25) is 9.59 Å². The molecule has 0 radical (unpaired) electrons. The van der Waals surface area contributed by atoms with E-state index in [-0.39, 0.29) is 18.0 Å². The molecule has 0 aliphatic carbocycles. The first kappa shape index (κ1) is 21.2. The van der Waals surface area contributed by atoms with Gasteiger partial charge in [-0.1, -0.05) is 57.7 Å². The molecule has 1 aromatic rings. The van der Waals surface area contributed by atoms with E-state index in [0.29, 0.717) is 18.6 Å². The van der Waals surface area contributed by atoms with Crippen LogP contribution in [0.4, 0.5) is 0 Å². The van der Waals surface area contributed by atoms with Gasteiger partial charge in [0.1, 0.15) is 5.75 Å². The van der Waals surface area contributed by atoms with E-state index in [1.54, 1.807) is 6.07 Å². The van der Waals surface area contributed by atoms with Crippen molar-refractivity contribution >= 4 is 11.9 Å². The van der Waals surface area contributed by atoms with Crippen molar-refractivity contribution in [2.24, 2.45) is 0 Å². The third kappa shape index (κ3) is 7.72. The van der Waals surface area contributed by atoms with Crippen LogP contribution in [-0.4, -0.2) is 18.0 Å². The Balaban J connectivity index is 2.94. The first-order chi connectivity index (χ1) is 12.0. The van der Waals surface area contributed by atoms with E-state index in [1.807, 2.05) is 32.0 Å². The first-order valence-corrected chi connectivity index (χ1v) is 9.49. The number of unbranched alkanes of at least 4 members (excludes halogenated alkanes) is 3. The molecule has 0 saturated heterocycles. The average Bonchev–Trinajstić information content (AvgIpc) is 2.56. The predicted octanol–water partition coefficient (Wildman–Crippen LogP) is 5.40. The van der Waals surface area contributed by atoms with Crippen LogP contribution in [0.25, 0.3) is 0 Å². The van der Waals surface area contributed by atoms with Gasteiger partial charge in [0, 0.05) is 12.0 Å². The number of ether oxygens (including phenoxy) is 2. The van der Waals surface area contributed by atoms with Crippen molar-refractivity contribution in [1.82, 2.24) is 0 Å². The summed E-state index contributed by atoms with van der Waals surface area (Å²) in [5, 5.41) is 0. The topological polar surface area (TPSA) is 52.6 Å². The number of carbonyl (C=O) groups excluding carboxylic acids is 2. The van der Waals surface area contributed by atoms with Crippen molar-refractivity contribution in [1.29, 1.82) is 0 Å². The Morgan fingerprint density at radius 2 is 1.68 bits per heavy atom. The summed E-state index contributed by atoms with van der Waals surface area (Å²) in [6, 6.07) is 7.30. The minimum Gasteiger partial charge on any atom is -0.463 e. The van der Waals surface area contributed by atoms with Crippen molar-refractivity contribution in [3.05, 3.63) is 29.8 Å². The van der Waals surface area contributed by atoms with Crippen molar-refractivity contribution in [3.63, 3.8) is 0 Å². The number of hydrogen-bond acceptors (Lipinski definition) is 4. The molecule has 0 bridgehead atoms. The van der Waals surface area contributed by atoms with Gasteiger partial charge in [-0.2, -0.15) is 0 Å². The maximum absolute atomic E-state index is 12.5. The standard InChI is InChI=1S/C21H32O4/c1-5-7-9-15-20(22)25-19-14-11-10-13-17(19)18(12-8-6-2)21(23)24-16(3)4/h10-11,13-14,16,18H,5-9,12,15H2,1-4H3. The number of benzene rings is 1. The zero-order valence-corrected chi connectivity index (χ0v) is 16.0. The molecular weight excluding hydrogens is 316 g/mol. The molecule has 0 saturated carbocycles. The summed E-state index contributed by atoms with van der Waals surface area (Å²) < 4.78 is 11.0. The van der Waals surface area contributed by atoms with Gasteiger partial charge in [-0.05, 0) is 32.8 Å². The summed E-state index contributed by atoms with van der Waals surface area (Å²) in [6.45, 7) is 7.87. The molecule has 25 heavy (non-hydrogen) atoms. The Morgan fingerprint density at radius 1 is 1.00 bits per heavy atom. The largest absolute Gasteiger partial charge is 0.463 e. The highest BCUT2D eigenvalue weighted by Crippen LogP contribution is 2.32. The highest BCUT2D eigenvalue weighted by Gasteiger charge is 2.26. The van der Waals surface area contributed by atoms with E-state index >= 15 is 0 Å². The van der Waals surface area contributed by atoms with Crippen LogP contribution in [-0.2, 0) is 14.3 Å². The number of para-hydroxylation sites is 1. The summed E-state index contributed by atoms with van der Waals surface area (Å²) in [5.74, 6) is -0.418. The normalized spacial score (nSPS) is 12.0. The fourth-order valence-corrected chi connectivity index (χ4v) is 2.68. The Labute approximate surface area is 151 Å². The Morgan fingerprint density at radius 3 is 2.32 bits per heavy atom. The van der Waals surface area contributed by atoms with Crippen molar-refractivity contribution in [2.75, 3.05) is 0 Å². The van der Waals surface area contributed by atoms with E-state index in [1.165, 1.54) is 0 Å². The van der Waals surface area contributed by atoms with Crippen molar-refractivity contribution < 1.29 is 19.1 Å². The van der Waals surface area contributed by atoms with Gasteiger partial charge < -0.3 is 9.47 Å². The Hall–Kier alpha value is -1.84. The minimum absolute atomic E-state index is 0.166. The number of carbonyl (C=O) groups is 2. The molecule has 0 aliphatic rings. The van der Waals surface area contributed by atoms with Crippen LogP contribution in [0.15, 0.2) is 24.3 Å². The number of hydrogen-bond donors (Lipinski definition) is 0. The van der Waals surface area contributed by atoms with Crippen LogP contribution in [0.3, 0.4) is 0 Å². The van der Waals surface area contributed by atoms with Gasteiger partial charge in [-0.25, -0.2) is 0 Å². The zero-order valence-electron chi connectivity index (χ0n) is 16.0. The maximum Gasteiger partial charge on any atom is 0.313 e. The molecule has 4 nitrogen and oxygen atoms in total. The van der Waals surface area contributed by atoms with Crippen molar-refractivity contribution in [3.8, 4) is 5.75 Å². The second-order valence-corrected chi connectivity index (χ2v) is 6.65. The monoisotopic (exact) mass is 348 g/mol. The number of rotatable bonds is 11. The van der Waals surface area contributed by atoms with Gasteiger partial charge >= 0.3 is 11.9 Å². The van der Waals surface area contributed by atoms with E-state index in [0.717, 1.165) is 37.7 Å². The van der Waals surface area contributed by atoms with Gasteiger partial charge in [-0.15, -0.1) is 0 Å². The number of esters is 2. The molecule has 0 aliphatic heterocycles. The second kappa shape index (κ2) is 11.7. The Bertz CT molecular complexity index is 536. The van der Waals surface area contributed by atoms with E-state index in [4.69, 9.17) is 9.47 Å². The molecule has 1 aromatic carbocycles. The quantitative estimate of drug-likeness (QED) is 0.305. The molecule has 1 atom stereocenters. The average molecular weight is 348 g/mol. The summed E-state index contributed by atoms with van der Waals surface area (Å²) >= 11 is 0. The predicted molar refractivity (Wildman–Crippen MR) is 99.7 cm³/mol. The highest BCUT2D eigenvalue weighted by atomic mass is 16.5. The second-order valence-electron chi connectivity index (χ2n) is 6.65. The molecule has 0 heterocycles. The molecule has 140 valence electrons. The van der Waals surface area contributed by atoms with Gasteiger partial charge in [0.2, 0.25) is 0 Å². The summed E-state index contributed by atoms with van der Waals surface area (Å²) in [7, 11) is 0. The van der Waals surface area contributed by atoms with Gasteiger partial charge in [0.05, 0.1) is 12.0 Å². The molecule has 0 aromatic heterocycles. The highest BCUT2D eigenvalue weighted by molar-refractivity contribution is 5.80. The molecule has 0 amide bonds. The SMILES string of the molecule is CCCCCC(=O)Oc1ccccc1C(CCCC)C(=O)OC(C)C. The maximum atomic E-state index is 12.5. The fraction of sp³-hybridized carbons (Fsp3) is 0.619. The van der Waals surface area contributed by atoms with E-state index in [9.17, 15) is 9.59 Å². The zero-order chi connectivity index (χ0) is 18.7. The lowest BCUT2D eigenvalue weighted by Crippen LogP contribution is -2.21. The Kier molecular flexibility index (Phi) is 9.90. The van der Waals surface area contributed by atoms with Crippen LogP contribution in [0.5, 0.6) is 5.75 Å². The lowest BCUT2D eigenvalue weighted by atomic mass is 9.92. The lowest BCUT2D eigenvalue weighted by molar-refractivity contribution is -0.149. The molecule has 1 rings (SSSR count). The summed E-state index contributed by atoms with van der Waals surface area (Å²) in [5.41, 5.74) is 0.741. The third-order valence-electron chi connectivity index (χ3n) is 3.99. The van der Waals surface area contributed by atoms with Crippen LogP contribution < -0.4 is 4.74 Å².